The molecule has 0 saturated heterocycles. The second kappa shape index (κ2) is 8.18. The van der Waals surface area contributed by atoms with E-state index in [1.165, 1.54) is 0 Å². The van der Waals surface area contributed by atoms with Crippen LogP contribution in [0.25, 0.3) is 0 Å². The van der Waals surface area contributed by atoms with E-state index in [4.69, 9.17) is 11.6 Å². The number of nitrogens with zero attached hydrogens (tertiary/aromatic N) is 1. The van der Waals surface area contributed by atoms with Crippen LogP contribution < -0.4 is 0 Å². The molecule has 0 heterocycles. The summed E-state index contributed by atoms with van der Waals surface area (Å²) < 4.78 is 0.754. The van der Waals surface area contributed by atoms with Gasteiger partial charge in [0.1, 0.15) is 0 Å². The highest BCUT2D eigenvalue weighted by molar-refractivity contribution is 9.10. The van der Waals surface area contributed by atoms with Crippen molar-refractivity contribution in [2.45, 2.75) is 19.8 Å². The largest absolute Gasteiger partial charge is 0.338 e. The standard InChI is InChI=1S/C13H16Br2ClNO/c1-2-3-8-17(9-7-14)13(18)10-5-4-6-11(15)12(10)16/h4-6H,2-3,7-9H2,1H3. The molecule has 0 radical (unpaired) electrons. The molecule has 0 N–H and O–H groups in total. The van der Waals surface area contributed by atoms with Gasteiger partial charge in [0.25, 0.3) is 5.91 Å². The van der Waals surface area contributed by atoms with Gasteiger partial charge in [0.05, 0.1) is 10.6 Å². The van der Waals surface area contributed by atoms with E-state index < -0.39 is 0 Å². The van der Waals surface area contributed by atoms with Crippen molar-refractivity contribution in [2.24, 2.45) is 0 Å². The summed E-state index contributed by atoms with van der Waals surface area (Å²) in [7, 11) is 0. The number of carbonyl (C=O) groups excluding carboxylic acids is 1. The van der Waals surface area contributed by atoms with Gasteiger partial charge in [0.2, 0.25) is 0 Å². The summed E-state index contributed by atoms with van der Waals surface area (Å²) in [6, 6.07) is 5.43. The number of unbranched alkanes of at least 4 members (excludes halogenated alkanes) is 1. The molecule has 0 unspecified atom stereocenters. The Hall–Kier alpha value is -0.0600. The first-order valence-electron chi connectivity index (χ1n) is 5.91. The van der Waals surface area contributed by atoms with Gasteiger partial charge in [-0.1, -0.05) is 46.9 Å². The molecule has 1 aromatic rings. The van der Waals surface area contributed by atoms with Crippen LogP contribution in [0.3, 0.4) is 0 Å². The summed E-state index contributed by atoms with van der Waals surface area (Å²) in [4.78, 5) is 14.3. The van der Waals surface area contributed by atoms with E-state index in [1.54, 1.807) is 6.07 Å². The van der Waals surface area contributed by atoms with Crippen LogP contribution in [-0.4, -0.2) is 29.2 Å². The Morgan fingerprint density at radius 1 is 1.39 bits per heavy atom. The lowest BCUT2D eigenvalue weighted by Crippen LogP contribution is -2.33. The summed E-state index contributed by atoms with van der Waals surface area (Å²) >= 11 is 12.9. The van der Waals surface area contributed by atoms with Gasteiger partial charge >= 0.3 is 0 Å². The molecule has 0 atom stereocenters. The van der Waals surface area contributed by atoms with Crippen LogP contribution in [-0.2, 0) is 0 Å². The summed E-state index contributed by atoms with van der Waals surface area (Å²) in [6.07, 6.45) is 2.07. The molecule has 18 heavy (non-hydrogen) atoms. The van der Waals surface area contributed by atoms with E-state index in [-0.39, 0.29) is 5.91 Å². The van der Waals surface area contributed by atoms with Crippen LogP contribution in [0.15, 0.2) is 22.7 Å². The van der Waals surface area contributed by atoms with Gasteiger partial charge in [0.15, 0.2) is 0 Å². The Morgan fingerprint density at radius 2 is 2.11 bits per heavy atom. The molecule has 5 heteroatoms. The Bertz CT molecular complexity index is 412. The number of halogens is 3. The fourth-order valence-electron chi connectivity index (χ4n) is 1.61. The van der Waals surface area contributed by atoms with Gasteiger partial charge < -0.3 is 4.90 Å². The smallest absolute Gasteiger partial charge is 0.255 e. The minimum atomic E-state index is -0.00537. The number of hydrogen-bond donors (Lipinski definition) is 0. The lowest BCUT2D eigenvalue weighted by atomic mass is 10.2. The van der Waals surface area contributed by atoms with E-state index in [1.807, 2.05) is 17.0 Å². The van der Waals surface area contributed by atoms with Crippen molar-refractivity contribution in [3.63, 3.8) is 0 Å². The molecule has 0 bridgehead atoms. The molecule has 1 aromatic carbocycles. The Balaban J connectivity index is 2.90. The van der Waals surface area contributed by atoms with Crippen molar-refractivity contribution in [2.75, 3.05) is 18.4 Å². The predicted octanol–water partition coefficient (Wildman–Crippen LogP) is 4.74. The van der Waals surface area contributed by atoms with Crippen LogP contribution in [0.4, 0.5) is 0 Å². The molecule has 0 saturated carbocycles. The lowest BCUT2D eigenvalue weighted by molar-refractivity contribution is 0.0764. The minimum Gasteiger partial charge on any atom is -0.338 e. The van der Waals surface area contributed by atoms with Crippen LogP contribution in [0.1, 0.15) is 30.1 Å². The fourth-order valence-corrected chi connectivity index (χ4v) is 2.61. The molecule has 100 valence electrons. The van der Waals surface area contributed by atoms with Gasteiger partial charge in [-0.3, -0.25) is 4.79 Å². The van der Waals surface area contributed by atoms with Crippen LogP contribution in [0, 0.1) is 0 Å². The average Bonchev–Trinajstić information content (AvgIpc) is 2.37. The highest BCUT2D eigenvalue weighted by Crippen LogP contribution is 2.27. The first kappa shape index (κ1) is 16.0. The van der Waals surface area contributed by atoms with Gasteiger partial charge in [0, 0.05) is 22.9 Å². The van der Waals surface area contributed by atoms with Crippen molar-refractivity contribution in [3.05, 3.63) is 33.3 Å². The third kappa shape index (κ3) is 4.25. The maximum Gasteiger partial charge on any atom is 0.255 e. The molecule has 2 nitrogen and oxygen atoms in total. The molecule has 0 aliphatic carbocycles. The topological polar surface area (TPSA) is 20.3 Å². The number of alkyl halides is 1. The van der Waals surface area contributed by atoms with Crippen LogP contribution >= 0.6 is 43.5 Å². The second-order valence-electron chi connectivity index (χ2n) is 3.94. The number of rotatable bonds is 6. The first-order valence-corrected chi connectivity index (χ1v) is 8.20. The van der Waals surface area contributed by atoms with E-state index in [9.17, 15) is 4.79 Å². The molecule has 0 aromatic heterocycles. The molecule has 0 aliphatic rings. The molecule has 0 aliphatic heterocycles. The quantitative estimate of drug-likeness (QED) is 0.635. The number of hydrogen-bond acceptors (Lipinski definition) is 1. The molecule has 1 amide bonds. The van der Waals surface area contributed by atoms with Crippen LogP contribution in [0.5, 0.6) is 0 Å². The normalized spacial score (nSPS) is 10.4. The van der Waals surface area contributed by atoms with E-state index in [0.29, 0.717) is 17.1 Å². The SMILES string of the molecule is CCCCN(CCBr)C(=O)c1cccc(Br)c1Cl. The van der Waals surface area contributed by atoms with Crippen molar-refractivity contribution in [1.29, 1.82) is 0 Å². The van der Waals surface area contributed by atoms with Crippen molar-refractivity contribution < 1.29 is 4.79 Å². The third-order valence-corrected chi connectivity index (χ3v) is 4.26. The van der Waals surface area contributed by atoms with Crippen molar-refractivity contribution in [1.82, 2.24) is 4.90 Å². The first-order chi connectivity index (χ1) is 8.61. The zero-order valence-electron chi connectivity index (χ0n) is 10.3. The fraction of sp³-hybridized carbons (Fsp3) is 0.462. The van der Waals surface area contributed by atoms with E-state index in [2.05, 4.69) is 38.8 Å². The molecule has 0 spiro atoms. The second-order valence-corrected chi connectivity index (χ2v) is 5.96. The average molecular weight is 398 g/mol. The predicted molar refractivity (Wildman–Crippen MR) is 83.8 cm³/mol. The van der Waals surface area contributed by atoms with E-state index in [0.717, 1.165) is 29.2 Å². The minimum absolute atomic E-state index is 0.00537. The Kier molecular flexibility index (Phi) is 7.27. The number of benzene rings is 1. The third-order valence-electron chi connectivity index (χ3n) is 2.61. The summed E-state index contributed by atoms with van der Waals surface area (Å²) in [5.41, 5.74) is 0.558. The van der Waals surface area contributed by atoms with E-state index >= 15 is 0 Å². The lowest BCUT2D eigenvalue weighted by Gasteiger charge is -2.22. The molecular formula is C13H16Br2ClNO. The molecular weight excluding hydrogens is 381 g/mol. The van der Waals surface area contributed by atoms with Crippen LogP contribution in [0.2, 0.25) is 5.02 Å². The number of amides is 1. The monoisotopic (exact) mass is 395 g/mol. The summed E-state index contributed by atoms with van der Waals surface area (Å²) in [5.74, 6) is -0.00537. The Morgan fingerprint density at radius 3 is 2.72 bits per heavy atom. The van der Waals surface area contributed by atoms with Gasteiger partial charge in [-0.2, -0.15) is 0 Å². The van der Waals surface area contributed by atoms with Crippen molar-refractivity contribution in [3.8, 4) is 0 Å². The van der Waals surface area contributed by atoms with Gasteiger partial charge in [-0.25, -0.2) is 0 Å². The van der Waals surface area contributed by atoms with Gasteiger partial charge in [-0.05, 0) is 34.5 Å². The summed E-state index contributed by atoms with van der Waals surface area (Å²) in [5, 5.41) is 1.26. The van der Waals surface area contributed by atoms with Crippen molar-refractivity contribution >= 4 is 49.4 Å². The highest BCUT2D eigenvalue weighted by atomic mass is 79.9. The Labute approximate surface area is 130 Å². The summed E-state index contributed by atoms with van der Waals surface area (Å²) in [6.45, 7) is 3.58. The maximum atomic E-state index is 12.4. The number of carbonyl (C=O) groups is 1. The maximum absolute atomic E-state index is 12.4. The zero-order chi connectivity index (χ0) is 13.5. The highest BCUT2D eigenvalue weighted by Gasteiger charge is 2.18. The molecule has 1 rings (SSSR count). The van der Waals surface area contributed by atoms with Gasteiger partial charge in [-0.15, -0.1) is 0 Å². The molecule has 0 fully saturated rings. The zero-order valence-corrected chi connectivity index (χ0v) is 14.2.